The highest BCUT2D eigenvalue weighted by atomic mass is 16.5. The fourth-order valence-electron chi connectivity index (χ4n) is 3.73. The number of ether oxygens (including phenoxy) is 1. The minimum absolute atomic E-state index is 0.0275. The number of carbonyl (C=O) groups is 3. The minimum atomic E-state index is -0.784. The molecule has 1 heterocycles. The van der Waals surface area contributed by atoms with Crippen LogP contribution >= 0.6 is 0 Å². The molecule has 1 aliphatic carbocycles. The number of nitrogens with one attached hydrogen (secondary N) is 1. The normalized spacial score (nSPS) is 18.5. The number of aryl methyl sites for hydroxylation is 1. The topological polar surface area (TPSA) is 79.0 Å². The molecule has 0 aromatic heterocycles. The van der Waals surface area contributed by atoms with Crippen molar-refractivity contribution < 1.29 is 19.1 Å². The molecule has 0 radical (unpaired) electrons. The maximum Gasteiger partial charge on any atom is 0.332 e. The third kappa shape index (κ3) is 4.55. The van der Waals surface area contributed by atoms with Gasteiger partial charge in [-0.1, -0.05) is 24.6 Å². The van der Waals surface area contributed by atoms with E-state index in [1.54, 1.807) is 41.3 Å². The zero-order valence-electron chi connectivity index (χ0n) is 17.8. The van der Waals surface area contributed by atoms with Crippen LogP contribution in [0.15, 0.2) is 48.5 Å². The molecule has 4 rings (SSSR count). The maximum absolute atomic E-state index is 13.1. The lowest BCUT2D eigenvalue weighted by molar-refractivity contribution is -0.124. The summed E-state index contributed by atoms with van der Waals surface area (Å²) in [5, 5.41) is 2.83. The quantitative estimate of drug-likeness (QED) is 0.651. The first-order chi connectivity index (χ1) is 15.0. The summed E-state index contributed by atoms with van der Waals surface area (Å²) in [4.78, 5) is 41.7. The van der Waals surface area contributed by atoms with Gasteiger partial charge in [0.15, 0.2) is 0 Å². The number of benzene rings is 2. The van der Waals surface area contributed by atoms with Gasteiger partial charge in [-0.25, -0.2) is 9.69 Å². The Morgan fingerprint density at radius 1 is 1.06 bits per heavy atom. The summed E-state index contributed by atoms with van der Waals surface area (Å²) < 4.78 is 5.55. The molecule has 1 N–H and O–H groups in total. The smallest absolute Gasteiger partial charge is 0.332 e. The van der Waals surface area contributed by atoms with E-state index in [0.29, 0.717) is 18.0 Å². The highest BCUT2D eigenvalue weighted by molar-refractivity contribution is 6.22. The van der Waals surface area contributed by atoms with E-state index in [1.807, 2.05) is 26.0 Å². The van der Waals surface area contributed by atoms with Gasteiger partial charge in [-0.15, -0.1) is 0 Å². The molecule has 2 aliphatic rings. The van der Waals surface area contributed by atoms with E-state index in [4.69, 9.17) is 4.74 Å². The molecule has 0 unspecified atom stereocenters. The van der Waals surface area contributed by atoms with E-state index in [9.17, 15) is 14.4 Å². The summed E-state index contributed by atoms with van der Waals surface area (Å²) in [7, 11) is 0. The maximum atomic E-state index is 13.1. The van der Waals surface area contributed by atoms with E-state index in [-0.39, 0.29) is 30.3 Å². The number of hydrogen-bond acceptors (Lipinski definition) is 4. The molecule has 1 saturated heterocycles. The second-order valence-corrected chi connectivity index (χ2v) is 8.07. The van der Waals surface area contributed by atoms with Gasteiger partial charge in [-0.2, -0.15) is 0 Å². The third-order valence-corrected chi connectivity index (χ3v) is 5.48. The minimum Gasteiger partial charge on any atom is -0.494 e. The van der Waals surface area contributed by atoms with Crippen molar-refractivity contribution in [1.29, 1.82) is 0 Å². The summed E-state index contributed by atoms with van der Waals surface area (Å²) >= 11 is 0. The number of hydrogen-bond donors (Lipinski definition) is 1. The van der Waals surface area contributed by atoms with Gasteiger partial charge in [0.1, 0.15) is 11.8 Å². The summed E-state index contributed by atoms with van der Waals surface area (Å²) in [5.74, 6) is 0.0917. The van der Waals surface area contributed by atoms with Crippen molar-refractivity contribution in [3.8, 4) is 5.75 Å². The Balaban J connectivity index is 1.46. The van der Waals surface area contributed by atoms with E-state index >= 15 is 0 Å². The molecule has 1 aliphatic heterocycles. The van der Waals surface area contributed by atoms with Crippen LogP contribution in [0.5, 0.6) is 5.75 Å². The van der Waals surface area contributed by atoms with Crippen molar-refractivity contribution in [2.24, 2.45) is 0 Å². The van der Waals surface area contributed by atoms with Crippen LogP contribution in [0.3, 0.4) is 0 Å². The van der Waals surface area contributed by atoms with Crippen molar-refractivity contribution in [1.82, 2.24) is 4.90 Å². The lowest BCUT2D eigenvalue weighted by Crippen LogP contribution is -2.39. The molecule has 31 heavy (non-hydrogen) atoms. The second kappa shape index (κ2) is 8.79. The van der Waals surface area contributed by atoms with Crippen molar-refractivity contribution >= 4 is 29.2 Å². The Morgan fingerprint density at radius 3 is 2.35 bits per heavy atom. The molecular formula is C24H27N3O4. The zero-order valence-corrected chi connectivity index (χ0v) is 17.8. The number of imide groups is 1. The molecule has 2 aromatic rings. The predicted molar refractivity (Wildman–Crippen MR) is 118 cm³/mol. The van der Waals surface area contributed by atoms with Gasteiger partial charge in [0.05, 0.1) is 18.7 Å². The zero-order chi connectivity index (χ0) is 22.0. The highest BCUT2D eigenvalue weighted by Crippen LogP contribution is 2.36. The Hall–Kier alpha value is -3.35. The van der Waals surface area contributed by atoms with Crippen LogP contribution in [0.25, 0.3) is 0 Å². The number of carbonyl (C=O) groups excluding carboxylic acids is 3. The Kier molecular flexibility index (Phi) is 5.93. The molecule has 2 fully saturated rings. The number of amides is 4. The van der Waals surface area contributed by atoms with Crippen LogP contribution in [0, 0.1) is 6.92 Å². The third-order valence-electron chi connectivity index (χ3n) is 5.48. The second-order valence-electron chi connectivity index (χ2n) is 8.07. The largest absolute Gasteiger partial charge is 0.494 e. The summed E-state index contributed by atoms with van der Waals surface area (Å²) in [6.07, 6.45) is 2.57. The molecule has 7 nitrogen and oxygen atoms in total. The Morgan fingerprint density at radius 2 is 1.74 bits per heavy atom. The van der Waals surface area contributed by atoms with Crippen molar-refractivity contribution in [2.75, 3.05) is 16.8 Å². The van der Waals surface area contributed by atoms with E-state index < -0.39 is 6.04 Å². The van der Waals surface area contributed by atoms with Crippen LogP contribution in [0.1, 0.15) is 38.2 Å². The molecule has 162 valence electrons. The van der Waals surface area contributed by atoms with Gasteiger partial charge in [0.25, 0.3) is 5.91 Å². The van der Waals surface area contributed by atoms with Crippen molar-refractivity contribution in [3.63, 3.8) is 0 Å². The van der Waals surface area contributed by atoms with Gasteiger partial charge in [0.2, 0.25) is 5.91 Å². The fraction of sp³-hybridized carbons (Fsp3) is 0.375. The van der Waals surface area contributed by atoms with E-state index in [1.165, 1.54) is 4.90 Å². The lowest BCUT2D eigenvalue weighted by atomic mass is 10.1. The van der Waals surface area contributed by atoms with Gasteiger partial charge in [0, 0.05) is 11.7 Å². The van der Waals surface area contributed by atoms with Gasteiger partial charge in [-0.05, 0) is 62.6 Å². The van der Waals surface area contributed by atoms with E-state index in [2.05, 4.69) is 5.32 Å². The Labute approximate surface area is 182 Å². The monoisotopic (exact) mass is 421 g/mol. The lowest BCUT2D eigenvalue weighted by Gasteiger charge is -2.21. The van der Waals surface area contributed by atoms with Gasteiger partial charge >= 0.3 is 6.03 Å². The average Bonchev–Trinajstić information content (AvgIpc) is 3.56. The summed E-state index contributed by atoms with van der Waals surface area (Å²) in [6.45, 7) is 4.62. The number of rotatable bonds is 8. The molecule has 0 spiro atoms. The van der Waals surface area contributed by atoms with Crippen LogP contribution in [-0.4, -0.2) is 41.4 Å². The standard InChI is InChI=1S/C24H27N3O4/c1-3-14-31-20-12-6-17(7-13-20)25-22(28)15-21-23(29)27(19-8-4-16(2)5-9-19)24(30)26(21)18-10-11-18/h4-9,12-13,18,21H,3,10-11,14-15H2,1-2H3,(H,25,28)/t21-/m1/s1. The van der Waals surface area contributed by atoms with Gasteiger partial charge < -0.3 is 15.0 Å². The van der Waals surface area contributed by atoms with Crippen LogP contribution in [0.2, 0.25) is 0 Å². The van der Waals surface area contributed by atoms with E-state index in [0.717, 1.165) is 30.6 Å². The van der Waals surface area contributed by atoms with Crippen LogP contribution < -0.4 is 15.0 Å². The predicted octanol–water partition coefficient (Wildman–Crippen LogP) is 4.11. The first-order valence-electron chi connectivity index (χ1n) is 10.7. The number of urea groups is 1. The molecule has 1 saturated carbocycles. The first kappa shape index (κ1) is 20.9. The molecule has 7 heteroatoms. The summed E-state index contributed by atoms with van der Waals surface area (Å²) in [6, 6.07) is 13.3. The highest BCUT2D eigenvalue weighted by Gasteiger charge is 2.51. The van der Waals surface area contributed by atoms with Crippen molar-refractivity contribution in [2.45, 2.75) is 51.6 Å². The molecule has 1 atom stereocenters. The van der Waals surface area contributed by atoms with Gasteiger partial charge in [-0.3, -0.25) is 9.59 Å². The first-order valence-corrected chi connectivity index (χ1v) is 10.7. The number of nitrogens with zero attached hydrogens (tertiary/aromatic N) is 2. The molecule has 0 bridgehead atoms. The number of anilines is 2. The Bertz CT molecular complexity index is 967. The molecular weight excluding hydrogens is 394 g/mol. The SMILES string of the molecule is CCCOc1ccc(NC(=O)C[C@@H]2C(=O)N(c3ccc(C)cc3)C(=O)N2C2CC2)cc1. The van der Waals surface area contributed by atoms with Crippen LogP contribution in [0.4, 0.5) is 16.2 Å². The van der Waals surface area contributed by atoms with Crippen molar-refractivity contribution in [3.05, 3.63) is 54.1 Å². The fourth-order valence-corrected chi connectivity index (χ4v) is 3.73. The summed E-state index contributed by atoms with van der Waals surface area (Å²) in [5.41, 5.74) is 2.21. The molecule has 2 aromatic carbocycles. The van der Waals surface area contributed by atoms with Crippen LogP contribution in [-0.2, 0) is 9.59 Å². The molecule has 4 amide bonds. The average molecular weight is 421 g/mol.